The van der Waals surface area contributed by atoms with Crippen LogP contribution >= 0.6 is 80.4 Å². The fraction of sp³-hybridized carbons (Fsp3) is 0.443. The Kier molecular flexibility index (Phi) is 35.0. The predicted octanol–water partition coefficient (Wildman–Crippen LogP) is 16.5. The van der Waals surface area contributed by atoms with Crippen LogP contribution in [0.3, 0.4) is 0 Å². The van der Waals surface area contributed by atoms with Gasteiger partial charge in [0.25, 0.3) is 10.1 Å². The number of allylic oxidation sites excluding steroid dienone is 4. The number of hydrogen-bond acceptors (Lipinski definition) is 25. The van der Waals surface area contributed by atoms with E-state index in [0.29, 0.717) is 44.5 Å². The molecule has 0 amide bonds. The molecule has 0 radical (unpaired) electrons. The monoisotopic (exact) mass is 1760 g/mol. The van der Waals surface area contributed by atoms with E-state index in [0.717, 1.165) is 133 Å². The molecule has 0 spiro atoms. The first kappa shape index (κ1) is 89.9. The Morgan fingerprint density at radius 3 is 1.74 bits per heavy atom. The van der Waals surface area contributed by atoms with Gasteiger partial charge in [-0.3, -0.25) is 14.4 Å². The average molecular weight is 1760 g/mol. The molecule has 0 aliphatic carbocycles. The lowest BCUT2D eigenvalue weighted by Crippen LogP contribution is -2.52. The van der Waals surface area contributed by atoms with Crippen LogP contribution in [0.5, 0.6) is 11.5 Å². The summed E-state index contributed by atoms with van der Waals surface area (Å²) in [6.07, 6.45) is 17.2. The molecule has 4 fully saturated rings. The zero-order chi connectivity index (χ0) is 80.6. The molecule has 4 aromatic heterocycles. The number of piperazine rings is 2. The van der Waals surface area contributed by atoms with Gasteiger partial charge in [-0.15, -0.1) is 22.7 Å². The fourth-order valence-corrected chi connectivity index (χ4v) is 17.4. The van der Waals surface area contributed by atoms with Crippen molar-refractivity contribution in [2.75, 3.05) is 172 Å². The van der Waals surface area contributed by atoms with Gasteiger partial charge >= 0.3 is 0 Å². The summed E-state index contributed by atoms with van der Waals surface area (Å²) in [5.41, 5.74) is 21.4. The van der Waals surface area contributed by atoms with Gasteiger partial charge in [0.05, 0.1) is 67.5 Å². The number of rotatable bonds is 23. The molecule has 4 aromatic carbocycles. The van der Waals surface area contributed by atoms with Crippen molar-refractivity contribution in [2.24, 2.45) is 0 Å². The SMILES string of the molecule is C=C/C(=C\C(=C\Nc1nc(Cl)ncc1Br)P(C)(C)=O)c1cscn1.CCCCO.CCc1cc(N)c(OC)cc1N1CCC(N2CCN(C)CC2)CC1.CCc1cc(Nc2ncc(Br)c(Nc3ccc(-c4cscn4)cc3P(C)(C)=O)n2)c(OC)cc1N1CCC(N2CCN(C)CC2)CC1.Cc1ccc(S(=O)(=O)O)cc1. The second-order valence-electron chi connectivity index (χ2n) is 28.3. The van der Waals surface area contributed by atoms with Crippen LogP contribution in [0.15, 0.2) is 145 Å². The quantitative estimate of drug-likeness (QED) is 0.0114. The topological polar surface area (TPSA) is 286 Å². The minimum atomic E-state index is -4.02. The molecule has 0 bridgehead atoms. The highest BCUT2D eigenvalue weighted by atomic mass is 79.9. The van der Waals surface area contributed by atoms with E-state index in [1.165, 1.54) is 122 Å². The van der Waals surface area contributed by atoms with Crippen LogP contribution in [0.1, 0.15) is 81.7 Å². The Balaban J connectivity index is 0.000000203. The summed E-state index contributed by atoms with van der Waals surface area (Å²) in [5, 5.41) is 23.3. The molecule has 0 unspecified atom stereocenters. The van der Waals surface area contributed by atoms with Crippen LogP contribution in [-0.2, 0) is 32.1 Å². The van der Waals surface area contributed by atoms with E-state index in [9.17, 15) is 17.5 Å². The summed E-state index contributed by atoms with van der Waals surface area (Å²) in [5.74, 6) is 3.02. The van der Waals surface area contributed by atoms with Crippen LogP contribution in [0, 0.1) is 6.92 Å². The largest absolute Gasteiger partial charge is 0.495 e. The zero-order valence-corrected chi connectivity index (χ0v) is 74.0. The number of nitrogen functional groups attached to an aromatic ring is 1. The molecular formula is C79H109Br2ClN16O8P2S3. The number of aromatic nitrogens is 6. The summed E-state index contributed by atoms with van der Waals surface area (Å²) in [7, 11) is -1.37. The number of likely N-dealkylation sites (N-methyl/N-ethyl adjacent to an activating group) is 2. The maximum absolute atomic E-state index is 13.4. The third kappa shape index (κ3) is 26.7. The van der Waals surface area contributed by atoms with E-state index >= 15 is 0 Å². The van der Waals surface area contributed by atoms with E-state index in [4.69, 9.17) is 41.5 Å². The molecule has 0 saturated carbocycles. The average Bonchev–Trinajstić information content (AvgIpc) is 1.56. The number of nitrogens with zero attached hydrogens (tertiary/aromatic N) is 12. The zero-order valence-electron chi connectivity index (χ0n) is 65.8. The minimum Gasteiger partial charge on any atom is -0.495 e. The molecule has 12 rings (SSSR count). The highest BCUT2D eigenvalue weighted by Gasteiger charge is 2.31. The molecule has 8 aromatic rings. The molecule has 602 valence electrons. The number of unbranched alkanes of at least 4 members (excludes halogenated alkanes) is 1. The van der Waals surface area contributed by atoms with Crippen molar-refractivity contribution in [1.29, 1.82) is 0 Å². The van der Waals surface area contributed by atoms with Gasteiger partial charge in [0.15, 0.2) is 0 Å². The standard InChI is InChI=1S/C34H44BrN8O2PS.C19H32N4O.C15H15BrClN4OPS.C7H8O3S.C4H10O/c1-6-23-17-28(31(45-3)19-30(23)43-11-9-25(10-12-43)42-15-13-41(2)14-16-42)39-34-36-20-26(35)33(40-34)38-27-8-7-24(29-21-47-22-37-29)18-32(27)46(4,5)44;1-4-15-13-17(20)19(24-3)14-18(15)23-7-5-16(6-8-23)22-11-9-21(2)10-12-22;1-4-10(13-8-24-9-20-13)5-11(23(2,3)22)6-18-14-12(16)7-19-15(17)21-14;1-6-2-4-7(5-3-6)11(8,9)10;1-2-3-4-5/h7-8,17-22,25H,6,9-16H2,1-5H3,(H2,36,38,39,40);13-14,16H,4-12,20H2,1-3H3;4-9H,1H2,2-3H3,(H,18,19,21);2-5H,1H3,(H,8,9,10);5H,2-4H2,1H3/b;;10-5+,11-6-;;. The Bertz CT molecular complexity index is 4580. The molecule has 32 heteroatoms. The highest BCUT2D eigenvalue weighted by molar-refractivity contribution is 9.11. The van der Waals surface area contributed by atoms with E-state index < -0.39 is 24.4 Å². The van der Waals surface area contributed by atoms with Crippen LogP contribution in [0.4, 0.5) is 46.0 Å². The van der Waals surface area contributed by atoms with Gasteiger partial charge in [-0.2, -0.15) is 18.4 Å². The van der Waals surface area contributed by atoms with Crippen molar-refractivity contribution in [3.8, 4) is 22.8 Å². The molecule has 0 atom stereocenters. The first-order valence-corrected chi connectivity index (χ1v) is 47.7. The van der Waals surface area contributed by atoms with Gasteiger partial charge in [0.2, 0.25) is 11.2 Å². The van der Waals surface area contributed by atoms with Crippen molar-refractivity contribution in [1.82, 2.24) is 49.5 Å². The van der Waals surface area contributed by atoms with Crippen LogP contribution < -0.4 is 46.3 Å². The lowest BCUT2D eigenvalue weighted by Gasteiger charge is -2.43. The van der Waals surface area contributed by atoms with Crippen molar-refractivity contribution >= 4 is 147 Å². The Labute approximate surface area is 686 Å². The molecule has 4 saturated heterocycles. The number of ether oxygens (including phenoxy) is 2. The van der Waals surface area contributed by atoms with Gasteiger partial charge in [0, 0.05) is 172 Å². The third-order valence-electron chi connectivity index (χ3n) is 19.6. The number of hydrogen-bond donors (Lipinski definition) is 6. The van der Waals surface area contributed by atoms with Gasteiger partial charge in [0.1, 0.15) is 37.4 Å². The molecule has 4 aliphatic heterocycles. The molecule has 111 heavy (non-hydrogen) atoms. The number of piperidine rings is 2. The first-order chi connectivity index (χ1) is 53.0. The summed E-state index contributed by atoms with van der Waals surface area (Å²) >= 11 is 15.8. The molecule has 24 nitrogen and oxygen atoms in total. The van der Waals surface area contributed by atoms with Crippen LogP contribution in [-0.4, -0.2) is 220 Å². The van der Waals surface area contributed by atoms with Gasteiger partial charge in [-0.25, -0.2) is 19.9 Å². The number of methoxy groups -OCH3 is 2. The van der Waals surface area contributed by atoms with Crippen molar-refractivity contribution in [3.63, 3.8) is 0 Å². The normalized spacial score (nSPS) is 16.0. The van der Waals surface area contributed by atoms with Gasteiger partial charge < -0.3 is 65.0 Å². The predicted molar refractivity (Wildman–Crippen MR) is 470 cm³/mol. The molecular weight excluding hydrogens is 1650 g/mol. The number of halogens is 3. The Morgan fingerprint density at radius 2 is 1.25 bits per heavy atom. The van der Waals surface area contributed by atoms with E-state index in [2.05, 4.69) is 168 Å². The Morgan fingerprint density at radius 1 is 0.703 bits per heavy atom. The fourth-order valence-electron chi connectivity index (χ4n) is 13.1. The number of anilines is 8. The van der Waals surface area contributed by atoms with Crippen molar-refractivity contribution in [3.05, 3.63) is 168 Å². The minimum absolute atomic E-state index is 0.0666. The highest BCUT2D eigenvalue weighted by Crippen LogP contribution is 2.48. The van der Waals surface area contributed by atoms with E-state index in [1.54, 1.807) is 88.7 Å². The number of aliphatic hydroxyl groups is 1. The second kappa shape index (κ2) is 43.2. The smallest absolute Gasteiger partial charge is 0.294 e. The maximum atomic E-state index is 13.4. The Hall–Kier alpha value is -6.66. The number of thiazole rings is 2. The van der Waals surface area contributed by atoms with Crippen molar-refractivity contribution < 1.29 is 36.7 Å². The van der Waals surface area contributed by atoms with Gasteiger partial charge in [-0.05, 0) is 190 Å². The van der Waals surface area contributed by atoms with Crippen molar-refractivity contribution in [2.45, 2.75) is 96.0 Å². The lowest BCUT2D eigenvalue weighted by atomic mass is 9.99. The molecule has 7 N–H and O–H groups in total. The molecule has 8 heterocycles. The number of nitrogens with two attached hydrogens (primary N) is 1. The summed E-state index contributed by atoms with van der Waals surface area (Å²) < 4.78 is 68.2. The molecule has 4 aliphatic rings. The number of nitrogens with one attached hydrogen (secondary N) is 3. The first-order valence-electron chi connectivity index (χ1n) is 37.2. The maximum Gasteiger partial charge on any atom is 0.294 e. The summed E-state index contributed by atoms with van der Waals surface area (Å²) in [4.78, 5) is 41.2. The van der Waals surface area contributed by atoms with Crippen LogP contribution in [0.25, 0.3) is 16.8 Å². The van der Waals surface area contributed by atoms with Gasteiger partial charge in [-0.1, -0.05) is 63.6 Å². The number of aryl methyl sites for hydroxylation is 3. The summed E-state index contributed by atoms with van der Waals surface area (Å²) in [6, 6.07) is 21.8. The van der Waals surface area contributed by atoms with Crippen LogP contribution in [0.2, 0.25) is 5.28 Å². The van der Waals surface area contributed by atoms with E-state index in [-0.39, 0.29) is 10.2 Å². The number of aliphatic hydroxyl groups excluding tert-OH is 1. The third-order valence-corrected chi connectivity index (χ3v) is 26.1. The number of benzene rings is 4. The second-order valence-corrected chi connectivity index (χ2v) is 39.6. The lowest BCUT2D eigenvalue weighted by molar-refractivity contribution is 0.0982. The summed E-state index contributed by atoms with van der Waals surface area (Å²) in [6.45, 7) is 33.2. The van der Waals surface area contributed by atoms with E-state index in [1.807, 2.05) is 42.0 Å².